The third-order valence-electron chi connectivity index (χ3n) is 2.85. The molecule has 0 aliphatic carbocycles. The first-order valence-electron chi connectivity index (χ1n) is 6.06. The number of hydrogen-bond donors (Lipinski definition) is 2. The summed E-state index contributed by atoms with van der Waals surface area (Å²) in [6.07, 6.45) is 0. The second kappa shape index (κ2) is 6.13. The molecule has 2 aromatic carbocycles. The van der Waals surface area contributed by atoms with Crippen LogP contribution in [0, 0.1) is 5.82 Å². The lowest BCUT2D eigenvalue weighted by atomic mass is 10.2. The van der Waals surface area contributed by atoms with Gasteiger partial charge < -0.3 is 0 Å². The molecule has 6 nitrogen and oxygen atoms in total. The monoisotopic (exact) mass is 344 g/mol. The lowest BCUT2D eigenvalue weighted by Crippen LogP contribution is -2.24. The first kappa shape index (κ1) is 16.6. The molecular formula is C13H13FN2O4S2. The van der Waals surface area contributed by atoms with E-state index in [0.717, 1.165) is 6.07 Å². The zero-order valence-corrected chi connectivity index (χ0v) is 12.9. The smallest absolute Gasteiger partial charge is 0.225 e. The summed E-state index contributed by atoms with van der Waals surface area (Å²) >= 11 is 0. The molecule has 0 aromatic heterocycles. The van der Waals surface area contributed by atoms with Crippen molar-refractivity contribution in [3.8, 4) is 0 Å². The highest BCUT2D eigenvalue weighted by molar-refractivity contribution is 7.90. The third kappa shape index (κ3) is 3.89. The molecule has 0 atom stereocenters. The lowest BCUT2D eigenvalue weighted by Gasteiger charge is -2.08. The van der Waals surface area contributed by atoms with Crippen LogP contribution in [0.15, 0.2) is 58.3 Å². The van der Waals surface area contributed by atoms with Gasteiger partial charge in [0.25, 0.3) is 0 Å². The number of nitrogens with two attached hydrogens (primary N) is 1. The van der Waals surface area contributed by atoms with Crippen molar-refractivity contribution in [3.63, 3.8) is 0 Å². The van der Waals surface area contributed by atoms with Crippen molar-refractivity contribution in [2.24, 2.45) is 5.14 Å². The molecule has 2 rings (SSSR count). The molecule has 0 aliphatic heterocycles. The van der Waals surface area contributed by atoms with Crippen LogP contribution in [0.25, 0.3) is 0 Å². The van der Waals surface area contributed by atoms with Gasteiger partial charge in [-0.2, -0.15) is 0 Å². The minimum Gasteiger partial charge on any atom is -0.225 e. The molecule has 0 radical (unpaired) electrons. The molecule has 0 saturated carbocycles. The molecule has 0 bridgehead atoms. The van der Waals surface area contributed by atoms with Crippen LogP contribution in [-0.2, 0) is 26.6 Å². The van der Waals surface area contributed by atoms with Gasteiger partial charge >= 0.3 is 0 Å². The van der Waals surface area contributed by atoms with E-state index >= 15 is 0 Å². The van der Waals surface area contributed by atoms with Gasteiger partial charge in [-0.25, -0.2) is 31.1 Å². The number of primary sulfonamides is 1. The number of nitrogens with one attached hydrogen (secondary N) is 1. The summed E-state index contributed by atoms with van der Waals surface area (Å²) < 4.78 is 62.4. The largest absolute Gasteiger partial charge is 0.240 e. The van der Waals surface area contributed by atoms with Crippen LogP contribution in [0.4, 0.5) is 4.39 Å². The Morgan fingerprint density at radius 3 is 2.23 bits per heavy atom. The predicted molar refractivity (Wildman–Crippen MR) is 78.2 cm³/mol. The van der Waals surface area contributed by atoms with Crippen molar-refractivity contribution in [2.45, 2.75) is 16.3 Å². The summed E-state index contributed by atoms with van der Waals surface area (Å²) in [5.74, 6) is -0.538. The molecule has 118 valence electrons. The van der Waals surface area contributed by atoms with Crippen molar-refractivity contribution in [3.05, 3.63) is 59.9 Å². The maximum Gasteiger partial charge on any atom is 0.240 e. The quantitative estimate of drug-likeness (QED) is 0.842. The lowest BCUT2D eigenvalue weighted by molar-refractivity contribution is 0.574. The van der Waals surface area contributed by atoms with Gasteiger partial charge in [0.1, 0.15) is 5.82 Å². The molecule has 22 heavy (non-hydrogen) atoms. The third-order valence-corrected chi connectivity index (χ3v) is 5.16. The molecular weight excluding hydrogens is 331 g/mol. The predicted octanol–water partition coefficient (Wildman–Crippen LogP) is 0.952. The maximum absolute atomic E-state index is 13.5. The van der Waals surface area contributed by atoms with Crippen molar-refractivity contribution >= 4 is 20.0 Å². The van der Waals surface area contributed by atoms with Crippen LogP contribution in [0.2, 0.25) is 0 Å². The molecule has 9 heteroatoms. The molecule has 0 aliphatic rings. The average molecular weight is 344 g/mol. The topological polar surface area (TPSA) is 106 Å². The highest BCUT2D eigenvalue weighted by atomic mass is 32.2. The van der Waals surface area contributed by atoms with Gasteiger partial charge in [0.05, 0.1) is 9.79 Å². The fourth-order valence-corrected chi connectivity index (χ4v) is 3.40. The van der Waals surface area contributed by atoms with Gasteiger partial charge in [-0.05, 0) is 24.3 Å². The summed E-state index contributed by atoms with van der Waals surface area (Å²) in [6.45, 7) is -0.255. The number of benzene rings is 2. The zero-order chi connectivity index (χ0) is 16.4. The van der Waals surface area contributed by atoms with Gasteiger partial charge in [-0.15, -0.1) is 0 Å². The Hall–Kier alpha value is -1.81. The van der Waals surface area contributed by atoms with Crippen LogP contribution >= 0.6 is 0 Å². The fourth-order valence-electron chi connectivity index (χ4n) is 1.72. The van der Waals surface area contributed by atoms with Crippen LogP contribution in [-0.4, -0.2) is 16.8 Å². The molecule has 0 spiro atoms. The van der Waals surface area contributed by atoms with E-state index in [4.69, 9.17) is 5.14 Å². The minimum absolute atomic E-state index is 0.175. The normalized spacial score (nSPS) is 12.3. The molecule has 0 amide bonds. The standard InChI is InChI=1S/C13H13FN2O4S2/c14-13-7-2-1-4-10(13)9-16-22(19,20)12-6-3-5-11(8-12)21(15,17)18/h1-8,16H,9H2,(H2,15,17,18). The molecule has 2 aromatic rings. The SMILES string of the molecule is NS(=O)(=O)c1cccc(S(=O)(=O)NCc2ccccc2F)c1. The summed E-state index contributed by atoms with van der Waals surface area (Å²) in [7, 11) is -8.01. The summed E-state index contributed by atoms with van der Waals surface area (Å²) in [6, 6.07) is 10.3. The Kier molecular flexibility index (Phi) is 4.61. The van der Waals surface area contributed by atoms with Crippen LogP contribution < -0.4 is 9.86 Å². The maximum atomic E-state index is 13.5. The average Bonchev–Trinajstić information content (AvgIpc) is 2.46. The van der Waals surface area contributed by atoms with E-state index in [1.165, 1.54) is 36.4 Å². The van der Waals surface area contributed by atoms with Crippen molar-refractivity contribution in [2.75, 3.05) is 0 Å². The summed E-state index contributed by atoms with van der Waals surface area (Å²) in [4.78, 5) is -0.586. The highest BCUT2D eigenvalue weighted by Gasteiger charge is 2.17. The zero-order valence-electron chi connectivity index (χ0n) is 11.2. The summed E-state index contributed by atoms with van der Waals surface area (Å²) in [5, 5.41) is 4.96. The van der Waals surface area contributed by atoms with Gasteiger partial charge in [0, 0.05) is 12.1 Å². The first-order chi connectivity index (χ1) is 10.2. The molecule has 3 N–H and O–H groups in total. The number of halogens is 1. The number of rotatable bonds is 5. The second-order valence-corrected chi connectivity index (χ2v) is 7.76. The van der Waals surface area contributed by atoms with Crippen LogP contribution in [0.1, 0.15) is 5.56 Å². The highest BCUT2D eigenvalue weighted by Crippen LogP contribution is 2.15. The van der Waals surface area contributed by atoms with Crippen molar-refractivity contribution < 1.29 is 21.2 Å². The van der Waals surface area contributed by atoms with Gasteiger partial charge in [0.2, 0.25) is 20.0 Å². The Balaban J connectivity index is 2.26. The van der Waals surface area contributed by atoms with Gasteiger partial charge in [0.15, 0.2) is 0 Å². The summed E-state index contributed by atoms with van der Waals surface area (Å²) in [5.41, 5.74) is 0.175. The Morgan fingerprint density at radius 2 is 1.59 bits per heavy atom. The van der Waals surface area contributed by atoms with Crippen molar-refractivity contribution in [1.29, 1.82) is 0 Å². The second-order valence-electron chi connectivity index (χ2n) is 4.44. The Morgan fingerprint density at radius 1 is 0.955 bits per heavy atom. The Bertz CT molecular complexity index is 896. The van der Waals surface area contributed by atoms with Gasteiger partial charge in [-0.1, -0.05) is 24.3 Å². The molecule has 0 saturated heterocycles. The van der Waals surface area contributed by atoms with Gasteiger partial charge in [-0.3, -0.25) is 0 Å². The first-order valence-corrected chi connectivity index (χ1v) is 9.09. The van der Waals surface area contributed by atoms with Crippen LogP contribution in [0.3, 0.4) is 0 Å². The van der Waals surface area contributed by atoms with Crippen molar-refractivity contribution in [1.82, 2.24) is 4.72 Å². The van der Waals surface area contributed by atoms with E-state index in [1.54, 1.807) is 6.07 Å². The minimum atomic E-state index is -4.01. The number of hydrogen-bond acceptors (Lipinski definition) is 4. The van der Waals surface area contributed by atoms with E-state index in [1.807, 2.05) is 0 Å². The van der Waals surface area contributed by atoms with E-state index in [0.29, 0.717) is 0 Å². The number of sulfonamides is 2. The van der Waals surface area contributed by atoms with E-state index < -0.39 is 25.9 Å². The van der Waals surface area contributed by atoms with E-state index in [-0.39, 0.29) is 21.9 Å². The van der Waals surface area contributed by atoms with E-state index in [2.05, 4.69) is 4.72 Å². The molecule has 0 fully saturated rings. The fraction of sp³-hybridized carbons (Fsp3) is 0.0769. The van der Waals surface area contributed by atoms with E-state index in [9.17, 15) is 21.2 Å². The molecule has 0 heterocycles. The van der Waals surface area contributed by atoms with Crippen LogP contribution in [0.5, 0.6) is 0 Å². The molecule has 0 unspecified atom stereocenters. The Labute approximate surface area is 127 Å².